The van der Waals surface area contributed by atoms with Crippen molar-refractivity contribution in [1.82, 2.24) is 0 Å². The molecule has 0 radical (unpaired) electrons. The van der Waals surface area contributed by atoms with Gasteiger partial charge in [-0.1, -0.05) is 51.7 Å². The molecule has 0 heterocycles. The lowest BCUT2D eigenvalue weighted by Crippen LogP contribution is -2.25. The van der Waals surface area contributed by atoms with E-state index in [9.17, 15) is 4.79 Å². The third-order valence-corrected chi connectivity index (χ3v) is 5.79. The third-order valence-electron chi connectivity index (χ3n) is 4.48. The van der Waals surface area contributed by atoms with E-state index in [2.05, 4.69) is 33.8 Å². The predicted molar refractivity (Wildman–Crippen MR) is 97.3 cm³/mol. The molecule has 2 unspecified atom stereocenters. The first-order valence-corrected chi connectivity index (χ1v) is 10.0. The maximum atomic E-state index is 11.7. The summed E-state index contributed by atoms with van der Waals surface area (Å²) in [6.07, 6.45) is 10.1. The molecule has 22 heavy (non-hydrogen) atoms. The van der Waals surface area contributed by atoms with Gasteiger partial charge in [0.2, 0.25) is 0 Å². The van der Waals surface area contributed by atoms with E-state index in [1.165, 1.54) is 37.7 Å². The van der Waals surface area contributed by atoms with Crippen LogP contribution in [0.25, 0.3) is 0 Å². The highest BCUT2D eigenvalue weighted by atomic mass is 32.2. The van der Waals surface area contributed by atoms with Gasteiger partial charge in [-0.15, -0.1) is 0 Å². The Morgan fingerprint density at radius 2 is 2.14 bits per heavy atom. The van der Waals surface area contributed by atoms with Crippen molar-refractivity contribution in [2.45, 2.75) is 77.9 Å². The zero-order valence-corrected chi connectivity index (χ0v) is 15.7. The van der Waals surface area contributed by atoms with E-state index < -0.39 is 0 Å². The molecular formula is C19H34O2S. The van der Waals surface area contributed by atoms with Gasteiger partial charge < -0.3 is 4.74 Å². The lowest BCUT2D eigenvalue weighted by molar-refractivity contribution is -0.143. The van der Waals surface area contributed by atoms with E-state index >= 15 is 0 Å². The molecule has 0 aromatic heterocycles. The van der Waals surface area contributed by atoms with Crippen LogP contribution in [0.5, 0.6) is 0 Å². The molecule has 0 amide bonds. The molecular weight excluding hydrogens is 292 g/mol. The van der Waals surface area contributed by atoms with Crippen LogP contribution in [-0.2, 0) is 9.53 Å². The van der Waals surface area contributed by atoms with Crippen LogP contribution in [-0.4, -0.2) is 23.6 Å². The lowest BCUT2D eigenvalue weighted by atomic mass is 9.82. The molecule has 0 aliphatic heterocycles. The largest absolute Gasteiger partial charge is 0.466 e. The van der Waals surface area contributed by atoms with Gasteiger partial charge in [-0.3, -0.25) is 4.79 Å². The van der Waals surface area contributed by atoms with Crippen molar-refractivity contribution in [1.29, 1.82) is 0 Å². The Balaban J connectivity index is 2.21. The van der Waals surface area contributed by atoms with E-state index in [1.54, 1.807) is 0 Å². The Hall–Kier alpha value is -0.440. The maximum Gasteiger partial charge on any atom is 0.306 e. The van der Waals surface area contributed by atoms with Crippen LogP contribution in [0.1, 0.15) is 72.6 Å². The average Bonchev–Trinajstić information content (AvgIpc) is 2.47. The molecule has 0 saturated carbocycles. The number of carbonyl (C=O) groups excluding carboxylic acids is 1. The summed E-state index contributed by atoms with van der Waals surface area (Å²) in [5.41, 5.74) is 1.51. The van der Waals surface area contributed by atoms with Gasteiger partial charge in [0.1, 0.15) is 0 Å². The summed E-state index contributed by atoms with van der Waals surface area (Å²) in [7, 11) is 0. The fourth-order valence-corrected chi connectivity index (χ4v) is 4.58. The van der Waals surface area contributed by atoms with Crippen LogP contribution in [0.4, 0.5) is 0 Å². The first-order valence-electron chi connectivity index (χ1n) is 8.99. The number of hydrogen-bond donors (Lipinski definition) is 0. The number of carbonyl (C=O) groups is 1. The van der Waals surface area contributed by atoms with Crippen LogP contribution in [0, 0.1) is 11.8 Å². The van der Waals surface area contributed by atoms with Crippen molar-refractivity contribution in [2.75, 3.05) is 12.4 Å². The molecule has 0 saturated heterocycles. The number of allylic oxidation sites excluding steroid dienone is 1. The van der Waals surface area contributed by atoms with Crippen molar-refractivity contribution in [3.63, 3.8) is 0 Å². The molecule has 1 aliphatic carbocycles. The minimum Gasteiger partial charge on any atom is -0.466 e. The van der Waals surface area contributed by atoms with E-state index in [-0.39, 0.29) is 5.97 Å². The topological polar surface area (TPSA) is 26.3 Å². The molecule has 0 N–H and O–H groups in total. The number of hydrogen-bond acceptors (Lipinski definition) is 3. The van der Waals surface area contributed by atoms with E-state index in [1.807, 2.05) is 11.8 Å². The monoisotopic (exact) mass is 326 g/mol. The van der Waals surface area contributed by atoms with Crippen molar-refractivity contribution in [3.8, 4) is 0 Å². The molecule has 0 aromatic carbocycles. The molecule has 0 bridgehead atoms. The Morgan fingerprint density at radius 1 is 1.36 bits per heavy atom. The fourth-order valence-electron chi connectivity index (χ4n) is 3.00. The molecule has 0 fully saturated rings. The highest BCUT2D eigenvalue weighted by Gasteiger charge is 2.26. The standard InChI is InChI=1S/C19H34O2S/c1-5-6-7-8-12-21-19(20)11-13-22-18-14-16(4)9-10-17(18)15(2)3/h14-15,17-18H,5-13H2,1-4H3. The highest BCUT2D eigenvalue weighted by Crippen LogP contribution is 2.36. The second kappa shape index (κ2) is 11.2. The van der Waals surface area contributed by atoms with Crippen molar-refractivity contribution >= 4 is 17.7 Å². The van der Waals surface area contributed by atoms with Crippen LogP contribution in [0.15, 0.2) is 11.6 Å². The number of esters is 1. The van der Waals surface area contributed by atoms with Gasteiger partial charge in [-0.2, -0.15) is 11.8 Å². The molecule has 1 rings (SSSR count). The zero-order valence-electron chi connectivity index (χ0n) is 14.9. The highest BCUT2D eigenvalue weighted by molar-refractivity contribution is 8.00. The summed E-state index contributed by atoms with van der Waals surface area (Å²) in [4.78, 5) is 11.7. The summed E-state index contributed by atoms with van der Waals surface area (Å²) in [6, 6.07) is 0. The van der Waals surface area contributed by atoms with Crippen molar-refractivity contribution in [2.24, 2.45) is 11.8 Å². The SMILES string of the molecule is CCCCCCOC(=O)CCSC1C=C(C)CCC1C(C)C. The predicted octanol–water partition coefficient (Wildman–Crippen LogP) is 5.61. The van der Waals surface area contributed by atoms with Gasteiger partial charge in [0.05, 0.1) is 13.0 Å². The van der Waals surface area contributed by atoms with Crippen LogP contribution in [0.2, 0.25) is 0 Å². The van der Waals surface area contributed by atoms with Crippen LogP contribution in [0.3, 0.4) is 0 Å². The second-order valence-electron chi connectivity index (χ2n) is 6.83. The van der Waals surface area contributed by atoms with Crippen molar-refractivity contribution < 1.29 is 9.53 Å². The van der Waals surface area contributed by atoms with Crippen LogP contribution < -0.4 is 0 Å². The summed E-state index contributed by atoms with van der Waals surface area (Å²) >= 11 is 1.94. The van der Waals surface area contributed by atoms with Crippen molar-refractivity contribution in [3.05, 3.63) is 11.6 Å². The van der Waals surface area contributed by atoms with Crippen LogP contribution >= 0.6 is 11.8 Å². The smallest absolute Gasteiger partial charge is 0.306 e. The molecule has 3 heteroatoms. The Bertz CT molecular complexity index is 349. The molecule has 1 aliphatic rings. The summed E-state index contributed by atoms with van der Waals surface area (Å²) in [5, 5.41) is 0.575. The van der Waals surface area contributed by atoms with Gasteiger partial charge in [-0.25, -0.2) is 0 Å². The minimum atomic E-state index is -0.0263. The van der Waals surface area contributed by atoms with Gasteiger partial charge >= 0.3 is 5.97 Å². The first kappa shape index (κ1) is 19.6. The third kappa shape index (κ3) is 7.71. The van der Waals surface area contributed by atoms with E-state index in [0.29, 0.717) is 24.2 Å². The first-order chi connectivity index (χ1) is 10.5. The summed E-state index contributed by atoms with van der Waals surface area (Å²) in [6.45, 7) is 9.65. The zero-order chi connectivity index (χ0) is 16.4. The quantitative estimate of drug-likeness (QED) is 0.296. The minimum absolute atomic E-state index is 0.0263. The number of ether oxygens (including phenoxy) is 1. The number of rotatable bonds is 10. The number of unbranched alkanes of at least 4 members (excludes halogenated alkanes) is 3. The van der Waals surface area contributed by atoms with Gasteiger partial charge in [0, 0.05) is 11.0 Å². The second-order valence-corrected chi connectivity index (χ2v) is 8.11. The fraction of sp³-hybridized carbons (Fsp3) is 0.842. The molecule has 2 atom stereocenters. The lowest BCUT2D eigenvalue weighted by Gasteiger charge is -2.32. The average molecular weight is 327 g/mol. The van der Waals surface area contributed by atoms with Gasteiger partial charge in [0.25, 0.3) is 0 Å². The Labute approximate surface area is 141 Å². The Morgan fingerprint density at radius 3 is 2.82 bits per heavy atom. The van der Waals surface area contributed by atoms with Gasteiger partial charge in [0.15, 0.2) is 0 Å². The maximum absolute atomic E-state index is 11.7. The Kier molecular flexibility index (Phi) is 9.94. The number of thioether (sulfide) groups is 1. The van der Waals surface area contributed by atoms with E-state index in [4.69, 9.17) is 4.74 Å². The molecule has 128 valence electrons. The normalized spacial score (nSPS) is 21.8. The molecule has 0 aromatic rings. The summed E-state index contributed by atoms with van der Waals surface area (Å²) in [5.74, 6) is 2.32. The molecule has 2 nitrogen and oxygen atoms in total. The van der Waals surface area contributed by atoms with E-state index in [0.717, 1.165) is 18.1 Å². The van der Waals surface area contributed by atoms with Gasteiger partial charge in [-0.05, 0) is 38.0 Å². The summed E-state index contributed by atoms with van der Waals surface area (Å²) < 4.78 is 5.31. The molecule has 0 spiro atoms.